The van der Waals surface area contributed by atoms with E-state index in [0.717, 1.165) is 38.9 Å². The number of aliphatic carboxylic acids is 1. The lowest BCUT2D eigenvalue weighted by atomic mass is 9.98. The van der Waals surface area contributed by atoms with Crippen molar-refractivity contribution in [1.82, 2.24) is 30.2 Å². The normalized spacial score (nSPS) is 13.0. The molecule has 3 aromatic heterocycles. The van der Waals surface area contributed by atoms with Crippen LogP contribution in [0.2, 0.25) is 0 Å². The maximum absolute atomic E-state index is 12.0. The quantitative estimate of drug-likeness (QED) is 0.274. The summed E-state index contributed by atoms with van der Waals surface area (Å²) in [5.74, 6) is -1.06. The van der Waals surface area contributed by atoms with E-state index in [-0.39, 0.29) is 11.8 Å². The lowest BCUT2D eigenvalue weighted by Gasteiger charge is -2.26. The highest BCUT2D eigenvalue weighted by atomic mass is 32.1. The Kier molecular flexibility index (Phi) is 10.6. The Morgan fingerprint density at radius 1 is 1.05 bits per heavy atom. The number of ether oxygens (including phenoxy) is 1. The van der Waals surface area contributed by atoms with Gasteiger partial charge in [0.1, 0.15) is 11.6 Å². The van der Waals surface area contributed by atoms with Crippen molar-refractivity contribution in [3.63, 3.8) is 0 Å². The summed E-state index contributed by atoms with van der Waals surface area (Å²) in [7, 11) is 0. The topological polar surface area (TPSA) is 148 Å². The molecule has 2 amide bonds. The number of likely N-dealkylation sites (tertiary alicyclic amines) is 1. The van der Waals surface area contributed by atoms with Gasteiger partial charge in [0.15, 0.2) is 0 Å². The zero-order valence-corrected chi connectivity index (χ0v) is 24.2. The number of nitrogens with one attached hydrogen (secondary N) is 1. The van der Waals surface area contributed by atoms with Crippen LogP contribution in [0.25, 0.3) is 21.8 Å². The Bertz CT molecular complexity index is 1490. The number of hydrogen-bond acceptors (Lipinski definition) is 9. The third-order valence-corrected chi connectivity index (χ3v) is 7.65. The van der Waals surface area contributed by atoms with Crippen LogP contribution in [0, 0.1) is 12.8 Å². The summed E-state index contributed by atoms with van der Waals surface area (Å²) in [5, 5.41) is 12.2. The van der Waals surface area contributed by atoms with E-state index in [9.17, 15) is 14.4 Å². The van der Waals surface area contributed by atoms with Crippen molar-refractivity contribution in [3.8, 4) is 27.8 Å². The highest BCUT2D eigenvalue weighted by Gasteiger charge is 2.23. The van der Waals surface area contributed by atoms with Crippen molar-refractivity contribution in [3.05, 3.63) is 77.2 Å². The summed E-state index contributed by atoms with van der Waals surface area (Å²) in [5.41, 5.74) is 4.16. The monoisotopic (exact) mass is 588 g/mol. The number of rotatable bonds is 9. The summed E-state index contributed by atoms with van der Waals surface area (Å²) in [6.07, 6.45) is 5.23. The van der Waals surface area contributed by atoms with Crippen molar-refractivity contribution in [2.45, 2.75) is 33.3 Å². The van der Waals surface area contributed by atoms with Crippen molar-refractivity contribution >= 4 is 29.6 Å². The predicted molar refractivity (Wildman–Crippen MR) is 158 cm³/mol. The van der Waals surface area contributed by atoms with Crippen LogP contribution in [0.1, 0.15) is 40.8 Å². The summed E-state index contributed by atoms with van der Waals surface area (Å²) in [6, 6.07) is 15.4. The van der Waals surface area contributed by atoms with E-state index in [0.29, 0.717) is 50.7 Å². The summed E-state index contributed by atoms with van der Waals surface area (Å²) < 4.78 is 5.61. The number of amides is 2. The number of hydrogen-bond donors (Lipinski definition) is 2. The molecular weight excluding hydrogens is 556 g/mol. The zero-order chi connectivity index (χ0) is 29.9. The van der Waals surface area contributed by atoms with Gasteiger partial charge in [0.05, 0.1) is 27.9 Å². The van der Waals surface area contributed by atoms with Crippen LogP contribution < -0.4 is 10.1 Å². The molecule has 1 aliphatic rings. The van der Waals surface area contributed by atoms with Crippen molar-refractivity contribution in [1.29, 1.82) is 0 Å². The Balaban J connectivity index is 0.000000310. The zero-order valence-electron chi connectivity index (χ0n) is 23.4. The number of thiazole rings is 1. The van der Waals surface area contributed by atoms with Crippen LogP contribution in [-0.4, -0.2) is 67.9 Å². The van der Waals surface area contributed by atoms with E-state index < -0.39 is 5.97 Å². The summed E-state index contributed by atoms with van der Waals surface area (Å²) in [4.78, 5) is 52.8. The van der Waals surface area contributed by atoms with Gasteiger partial charge in [-0.25, -0.2) is 19.9 Å². The van der Waals surface area contributed by atoms with Gasteiger partial charge in [-0.15, -0.1) is 11.3 Å². The van der Waals surface area contributed by atoms with Crippen molar-refractivity contribution in [2.24, 2.45) is 5.92 Å². The highest BCUT2D eigenvalue weighted by molar-refractivity contribution is 7.15. The van der Waals surface area contributed by atoms with Gasteiger partial charge in [0.25, 0.3) is 5.91 Å². The first-order chi connectivity index (χ1) is 20.4. The second kappa shape index (κ2) is 14.8. The van der Waals surface area contributed by atoms with Crippen LogP contribution in [0.3, 0.4) is 0 Å². The van der Waals surface area contributed by atoms with Crippen LogP contribution in [0.15, 0.2) is 60.9 Å². The average molecular weight is 589 g/mol. The fraction of sp³-hybridized carbons (Fsp3) is 0.300. The number of aromatic nitrogens is 4. The molecule has 1 aromatic carbocycles. The highest BCUT2D eigenvalue weighted by Crippen LogP contribution is 2.31. The molecule has 0 unspecified atom stereocenters. The van der Waals surface area contributed by atoms with E-state index in [2.05, 4.69) is 20.3 Å². The molecule has 0 radical (unpaired) electrons. The molecule has 0 saturated carbocycles. The first kappa shape index (κ1) is 30.3. The fourth-order valence-electron chi connectivity index (χ4n) is 4.27. The number of aryl methyl sites for hydroxylation is 1. The SMILES string of the molecule is CCNC(=O)c1ccc(-c2cccc(-c3sc(COc4ncccn4)nc3C)n2)cc1.O=CN1CCC(C(=O)O)CC1. The second-order valence-electron chi connectivity index (χ2n) is 9.44. The first-order valence-corrected chi connectivity index (χ1v) is 14.3. The fourth-order valence-corrected chi connectivity index (χ4v) is 5.21. The van der Waals surface area contributed by atoms with Gasteiger partial charge in [-0.2, -0.15) is 0 Å². The third kappa shape index (κ3) is 8.16. The molecule has 42 heavy (non-hydrogen) atoms. The lowest BCUT2D eigenvalue weighted by molar-refractivity contribution is -0.144. The van der Waals surface area contributed by atoms with Crippen LogP contribution >= 0.6 is 11.3 Å². The Morgan fingerprint density at radius 2 is 1.74 bits per heavy atom. The van der Waals surface area contributed by atoms with E-state index in [1.54, 1.807) is 34.7 Å². The molecule has 0 bridgehead atoms. The molecule has 1 fully saturated rings. The molecule has 0 spiro atoms. The minimum atomic E-state index is -0.740. The van der Waals surface area contributed by atoms with Crippen LogP contribution in [-0.2, 0) is 16.2 Å². The number of piperidine rings is 1. The maximum atomic E-state index is 12.0. The average Bonchev–Trinajstić information content (AvgIpc) is 3.41. The number of carboxylic acid groups (broad SMARTS) is 1. The molecule has 12 heteroatoms. The number of nitrogens with zero attached hydrogens (tertiary/aromatic N) is 5. The van der Waals surface area contributed by atoms with Crippen LogP contribution in [0.4, 0.5) is 0 Å². The van der Waals surface area contributed by atoms with E-state index >= 15 is 0 Å². The number of carbonyl (C=O) groups excluding carboxylic acids is 2. The molecule has 0 atom stereocenters. The van der Waals surface area contributed by atoms with Gasteiger partial charge in [0, 0.05) is 43.2 Å². The molecule has 4 aromatic rings. The van der Waals surface area contributed by atoms with E-state index in [1.165, 1.54) is 0 Å². The smallest absolute Gasteiger partial charge is 0.316 e. The Hall–Kier alpha value is -4.71. The lowest BCUT2D eigenvalue weighted by Crippen LogP contribution is -2.35. The number of carbonyl (C=O) groups is 3. The van der Waals surface area contributed by atoms with Gasteiger partial charge in [0.2, 0.25) is 6.41 Å². The van der Waals surface area contributed by atoms with Gasteiger partial charge < -0.3 is 20.1 Å². The maximum Gasteiger partial charge on any atom is 0.316 e. The van der Waals surface area contributed by atoms with Crippen molar-refractivity contribution in [2.75, 3.05) is 19.6 Å². The van der Waals surface area contributed by atoms with Gasteiger partial charge >= 0.3 is 12.0 Å². The Labute approximate surface area is 247 Å². The summed E-state index contributed by atoms with van der Waals surface area (Å²) >= 11 is 1.54. The second-order valence-corrected chi connectivity index (χ2v) is 10.5. The predicted octanol–water partition coefficient (Wildman–Crippen LogP) is 4.24. The molecule has 5 rings (SSSR count). The van der Waals surface area contributed by atoms with Gasteiger partial charge in [-0.1, -0.05) is 18.2 Å². The molecule has 11 nitrogen and oxygen atoms in total. The molecule has 218 valence electrons. The largest absolute Gasteiger partial charge is 0.481 e. The van der Waals surface area contributed by atoms with Gasteiger partial charge in [-0.05, 0) is 57.0 Å². The Morgan fingerprint density at radius 3 is 2.38 bits per heavy atom. The van der Waals surface area contributed by atoms with Crippen molar-refractivity contribution < 1.29 is 24.2 Å². The molecule has 1 aliphatic heterocycles. The first-order valence-electron chi connectivity index (χ1n) is 13.5. The minimum Gasteiger partial charge on any atom is -0.481 e. The molecule has 0 aliphatic carbocycles. The standard InChI is InChI=1S/C23H21N5O2S.C7H11NO3/c1-3-24-22(29)17-10-8-16(9-11-17)18-6-4-7-19(28-18)21-15(2)27-20(31-21)14-30-23-25-12-5-13-26-23;9-5-8-3-1-6(2-4-8)7(10)11/h4-13H,3,14H2,1-2H3,(H,24,29);5-6H,1-4H2,(H,10,11). The van der Waals surface area contributed by atoms with Gasteiger partial charge in [-0.3, -0.25) is 14.4 Å². The molecular formula is C30H32N6O5S. The molecule has 4 heterocycles. The molecule has 1 saturated heterocycles. The van der Waals surface area contributed by atoms with E-state index in [4.69, 9.17) is 14.8 Å². The number of benzene rings is 1. The third-order valence-electron chi connectivity index (χ3n) is 6.50. The van der Waals surface area contributed by atoms with Crippen LogP contribution in [0.5, 0.6) is 6.01 Å². The minimum absolute atomic E-state index is 0.0771. The number of pyridine rings is 1. The molecule has 2 N–H and O–H groups in total. The van der Waals surface area contributed by atoms with E-state index in [1.807, 2.05) is 56.3 Å². The summed E-state index contributed by atoms with van der Waals surface area (Å²) in [6.45, 7) is 5.93. The number of carboxylic acids is 1.